The third-order valence-electron chi connectivity index (χ3n) is 2.00. The second-order valence-electron chi connectivity index (χ2n) is 3.66. The SMILES string of the molecule is CC(C)Oc1ccc2nc(Cl)ccc2c1. The zero-order valence-electron chi connectivity index (χ0n) is 8.70. The lowest BCUT2D eigenvalue weighted by Gasteiger charge is -2.09. The van der Waals surface area contributed by atoms with Crippen LogP contribution in [0.4, 0.5) is 0 Å². The van der Waals surface area contributed by atoms with Crippen LogP contribution in [0.3, 0.4) is 0 Å². The highest BCUT2D eigenvalue weighted by Crippen LogP contribution is 2.21. The minimum Gasteiger partial charge on any atom is -0.491 e. The molecular formula is C12H12ClNO. The maximum Gasteiger partial charge on any atom is 0.129 e. The summed E-state index contributed by atoms with van der Waals surface area (Å²) in [6.45, 7) is 4.01. The van der Waals surface area contributed by atoms with Crippen LogP contribution >= 0.6 is 11.6 Å². The summed E-state index contributed by atoms with van der Waals surface area (Å²) in [6.07, 6.45) is 0.183. The van der Waals surface area contributed by atoms with E-state index in [1.165, 1.54) is 0 Å². The normalized spacial score (nSPS) is 10.9. The summed E-state index contributed by atoms with van der Waals surface area (Å²) in [7, 11) is 0. The van der Waals surface area contributed by atoms with Crippen molar-refractivity contribution >= 4 is 22.5 Å². The quantitative estimate of drug-likeness (QED) is 0.722. The van der Waals surface area contributed by atoms with Crippen molar-refractivity contribution in [3.8, 4) is 5.75 Å². The number of fused-ring (bicyclic) bond motifs is 1. The lowest BCUT2D eigenvalue weighted by atomic mass is 10.2. The average molecular weight is 222 g/mol. The fraction of sp³-hybridized carbons (Fsp3) is 0.250. The Balaban J connectivity index is 2.43. The Bertz CT molecular complexity index is 482. The second kappa shape index (κ2) is 4.07. The van der Waals surface area contributed by atoms with Crippen molar-refractivity contribution in [2.45, 2.75) is 20.0 Å². The van der Waals surface area contributed by atoms with Crippen LogP contribution in [0.5, 0.6) is 5.75 Å². The number of pyridine rings is 1. The van der Waals surface area contributed by atoms with Gasteiger partial charge in [-0.05, 0) is 44.2 Å². The molecule has 3 heteroatoms. The van der Waals surface area contributed by atoms with Gasteiger partial charge in [-0.15, -0.1) is 0 Å². The summed E-state index contributed by atoms with van der Waals surface area (Å²) in [5, 5.41) is 1.55. The molecule has 0 spiro atoms. The van der Waals surface area contributed by atoms with Crippen molar-refractivity contribution in [2.75, 3.05) is 0 Å². The number of ether oxygens (including phenoxy) is 1. The highest BCUT2D eigenvalue weighted by molar-refractivity contribution is 6.29. The van der Waals surface area contributed by atoms with Gasteiger partial charge in [-0.1, -0.05) is 11.6 Å². The molecule has 0 saturated carbocycles. The van der Waals surface area contributed by atoms with Crippen molar-refractivity contribution in [3.63, 3.8) is 0 Å². The van der Waals surface area contributed by atoms with Gasteiger partial charge in [-0.3, -0.25) is 0 Å². The van der Waals surface area contributed by atoms with E-state index in [2.05, 4.69) is 4.98 Å². The molecule has 1 aromatic carbocycles. The smallest absolute Gasteiger partial charge is 0.129 e. The molecule has 2 rings (SSSR count). The molecule has 15 heavy (non-hydrogen) atoms. The molecular weight excluding hydrogens is 210 g/mol. The number of nitrogens with zero attached hydrogens (tertiary/aromatic N) is 1. The van der Waals surface area contributed by atoms with Crippen LogP contribution in [0.15, 0.2) is 30.3 Å². The van der Waals surface area contributed by atoms with Crippen LogP contribution in [-0.4, -0.2) is 11.1 Å². The van der Waals surface area contributed by atoms with Gasteiger partial charge in [0.25, 0.3) is 0 Å². The topological polar surface area (TPSA) is 22.1 Å². The molecule has 0 saturated heterocycles. The molecule has 78 valence electrons. The summed E-state index contributed by atoms with van der Waals surface area (Å²) >= 11 is 5.80. The minimum absolute atomic E-state index is 0.183. The summed E-state index contributed by atoms with van der Waals surface area (Å²) in [6, 6.07) is 9.52. The van der Waals surface area contributed by atoms with E-state index in [0.717, 1.165) is 16.7 Å². The van der Waals surface area contributed by atoms with Crippen molar-refractivity contribution in [1.29, 1.82) is 0 Å². The van der Waals surface area contributed by atoms with E-state index in [0.29, 0.717) is 5.15 Å². The molecule has 0 atom stereocenters. The van der Waals surface area contributed by atoms with E-state index in [-0.39, 0.29) is 6.10 Å². The van der Waals surface area contributed by atoms with Gasteiger partial charge < -0.3 is 4.74 Å². The Morgan fingerprint density at radius 1 is 1.20 bits per heavy atom. The first-order valence-corrected chi connectivity index (χ1v) is 5.26. The Labute approximate surface area is 93.8 Å². The molecule has 0 radical (unpaired) electrons. The predicted octanol–water partition coefficient (Wildman–Crippen LogP) is 3.68. The van der Waals surface area contributed by atoms with Gasteiger partial charge in [0.05, 0.1) is 11.6 Å². The Hall–Kier alpha value is -1.28. The Morgan fingerprint density at radius 3 is 2.73 bits per heavy atom. The summed E-state index contributed by atoms with van der Waals surface area (Å²) in [4.78, 5) is 4.21. The van der Waals surface area contributed by atoms with Gasteiger partial charge in [-0.25, -0.2) is 4.98 Å². The number of hydrogen-bond acceptors (Lipinski definition) is 2. The third kappa shape index (κ3) is 2.39. The van der Waals surface area contributed by atoms with Crippen LogP contribution in [-0.2, 0) is 0 Å². The molecule has 1 heterocycles. The number of rotatable bonds is 2. The number of aromatic nitrogens is 1. The van der Waals surface area contributed by atoms with E-state index in [4.69, 9.17) is 16.3 Å². The standard InChI is InChI=1S/C12H12ClNO/c1-8(2)15-10-4-5-11-9(7-10)3-6-12(13)14-11/h3-8H,1-2H3. The van der Waals surface area contributed by atoms with Crippen molar-refractivity contribution in [3.05, 3.63) is 35.5 Å². The van der Waals surface area contributed by atoms with E-state index < -0.39 is 0 Å². The largest absolute Gasteiger partial charge is 0.491 e. The van der Waals surface area contributed by atoms with Gasteiger partial charge in [-0.2, -0.15) is 0 Å². The van der Waals surface area contributed by atoms with Crippen LogP contribution < -0.4 is 4.74 Å². The fourth-order valence-electron chi connectivity index (χ4n) is 1.42. The maximum absolute atomic E-state index is 5.80. The van der Waals surface area contributed by atoms with E-state index in [1.807, 2.05) is 38.1 Å². The highest BCUT2D eigenvalue weighted by atomic mass is 35.5. The predicted molar refractivity (Wildman–Crippen MR) is 62.5 cm³/mol. The van der Waals surface area contributed by atoms with Crippen LogP contribution in [0, 0.1) is 0 Å². The van der Waals surface area contributed by atoms with E-state index in [1.54, 1.807) is 6.07 Å². The minimum atomic E-state index is 0.183. The zero-order valence-corrected chi connectivity index (χ0v) is 9.45. The van der Waals surface area contributed by atoms with Gasteiger partial charge >= 0.3 is 0 Å². The molecule has 1 aromatic heterocycles. The summed E-state index contributed by atoms with van der Waals surface area (Å²) in [5.74, 6) is 0.863. The molecule has 0 bridgehead atoms. The second-order valence-corrected chi connectivity index (χ2v) is 4.04. The first-order valence-electron chi connectivity index (χ1n) is 4.88. The molecule has 0 unspecified atom stereocenters. The van der Waals surface area contributed by atoms with E-state index >= 15 is 0 Å². The highest BCUT2D eigenvalue weighted by Gasteiger charge is 2.01. The summed E-state index contributed by atoms with van der Waals surface area (Å²) in [5.41, 5.74) is 0.888. The molecule has 0 N–H and O–H groups in total. The van der Waals surface area contributed by atoms with Gasteiger partial charge in [0, 0.05) is 5.39 Å². The lowest BCUT2D eigenvalue weighted by molar-refractivity contribution is 0.243. The van der Waals surface area contributed by atoms with Crippen LogP contribution in [0.25, 0.3) is 10.9 Å². The maximum atomic E-state index is 5.80. The van der Waals surface area contributed by atoms with Crippen molar-refractivity contribution in [1.82, 2.24) is 4.98 Å². The van der Waals surface area contributed by atoms with Crippen LogP contribution in [0.1, 0.15) is 13.8 Å². The monoisotopic (exact) mass is 221 g/mol. The number of benzene rings is 1. The van der Waals surface area contributed by atoms with E-state index in [9.17, 15) is 0 Å². The van der Waals surface area contributed by atoms with Gasteiger partial charge in [0.15, 0.2) is 0 Å². The Kier molecular flexibility index (Phi) is 2.78. The molecule has 2 aromatic rings. The fourth-order valence-corrected chi connectivity index (χ4v) is 1.58. The molecule has 0 aliphatic carbocycles. The number of halogens is 1. The first-order chi connectivity index (χ1) is 7.15. The zero-order chi connectivity index (χ0) is 10.8. The third-order valence-corrected chi connectivity index (χ3v) is 2.21. The molecule has 0 aliphatic heterocycles. The molecule has 2 nitrogen and oxygen atoms in total. The van der Waals surface area contributed by atoms with Crippen LogP contribution in [0.2, 0.25) is 5.15 Å². The molecule has 0 aliphatic rings. The average Bonchev–Trinajstić information content (AvgIpc) is 2.17. The first kappa shape index (κ1) is 10.2. The lowest BCUT2D eigenvalue weighted by Crippen LogP contribution is -2.05. The number of hydrogen-bond donors (Lipinski definition) is 0. The molecule has 0 amide bonds. The molecule has 0 fully saturated rings. The van der Waals surface area contributed by atoms with Crippen molar-refractivity contribution in [2.24, 2.45) is 0 Å². The van der Waals surface area contributed by atoms with Gasteiger partial charge in [0.1, 0.15) is 10.9 Å². The summed E-state index contributed by atoms with van der Waals surface area (Å²) < 4.78 is 5.59. The van der Waals surface area contributed by atoms with Gasteiger partial charge in [0.2, 0.25) is 0 Å². The Morgan fingerprint density at radius 2 is 2.00 bits per heavy atom. The van der Waals surface area contributed by atoms with Crippen molar-refractivity contribution < 1.29 is 4.74 Å².